The van der Waals surface area contributed by atoms with Crippen molar-refractivity contribution in [3.8, 4) is 5.69 Å². The molecular formula is C25H28F5N7O. The van der Waals surface area contributed by atoms with Crippen molar-refractivity contribution in [1.29, 1.82) is 0 Å². The molecule has 4 heterocycles. The lowest BCUT2D eigenvalue weighted by molar-refractivity contribution is -0.137. The molecule has 3 aliphatic rings. The molecule has 8 nitrogen and oxygen atoms in total. The number of halogens is 5. The zero-order valence-corrected chi connectivity index (χ0v) is 20.7. The predicted octanol–water partition coefficient (Wildman–Crippen LogP) is 4.08. The van der Waals surface area contributed by atoms with Crippen LogP contribution in [0.2, 0.25) is 0 Å². The number of alkyl halides is 5. The first-order valence-electron chi connectivity index (χ1n) is 12.7. The maximum absolute atomic E-state index is 13.4. The van der Waals surface area contributed by atoms with Gasteiger partial charge in [0.05, 0.1) is 28.4 Å². The minimum atomic E-state index is -4.52. The van der Waals surface area contributed by atoms with Crippen LogP contribution >= 0.6 is 0 Å². The van der Waals surface area contributed by atoms with Crippen molar-refractivity contribution in [1.82, 2.24) is 24.6 Å². The van der Waals surface area contributed by atoms with Gasteiger partial charge < -0.3 is 15.3 Å². The third-order valence-electron chi connectivity index (χ3n) is 7.80. The molecule has 2 saturated heterocycles. The molecule has 1 aliphatic carbocycles. The van der Waals surface area contributed by atoms with E-state index in [9.17, 15) is 27.1 Å². The van der Waals surface area contributed by atoms with Crippen molar-refractivity contribution in [3.05, 3.63) is 36.0 Å². The van der Waals surface area contributed by atoms with Crippen molar-refractivity contribution >= 4 is 22.8 Å². The fourth-order valence-electron chi connectivity index (χ4n) is 5.38. The van der Waals surface area contributed by atoms with E-state index in [1.165, 1.54) is 23.0 Å². The molecule has 0 unspecified atom stereocenters. The third-order valence-corrected chi connectivity index (χ3v) is 7.80. The Morgan fingerprint density at radius 1 is 1.08 bits per heavy atom. The van der Waals surface area contributed by atoms with Crippen molar-refractivity contribution in [2.75, 3.05) is 36.4 Å². The van der Waals surface area contributed by atoms with Gasteiger partial charge in [-0.25, -0.2) is 13.5 Å². The Kier molecular flexibility index (Phi) is 5.80. The van der Waals surface area contributed by atoms with Gasteiger partial charge in [0.25, 0.3) is 5.92 Å². The number of piperidine rings is 1. The Labute approximate surface area is 215 Å². The zero-order valence-electron chi connectivity index (χ0n) is 20.7. The van der Waals surface area contributed by atoms with E-state index in [4.69, 9.17) is 0 Å². The molecule has 0 bridgehead atoms. The standard InChI is InChI=1S/C25H28F5N7O/c1-23(38)5-7-35(8-6-23)18-13-36(14-18)20-19-12-31-37(17-4-2-3-15(9-17)25(28,29)30)21(19)34-22(33-20)32-16-10-24(26,27)11-16/h2-4,9,12,16,18,38H,5-8,10-11,13-14H2,1H3,(H,32,33,34). The molecule has 38 heavy (non-hydrogen) atoms. The summed E-state index contributed by atoms with van der Waals surface area (Å²) < 4.78 is 68.2. The minimum Gasteiger partial charge on any atom is -0.390 e. The average molecular weight is 538 g/mol. The number of aliphatic hydroxyl groups is 1. The molecule has 0 amide bonds. The summed E-state index contributed by atoms with van der Waals surface area (Å²) in [6.45, 7) is 4.78. The Morgan fingerprint density at radius 2 is 1.79 bits per heavy atom. The Hall–Kier alpha value is -3.06. The minimum absolute atomic E-state index is 0.138. The van der Waals surface area contributed by atoms with Gasteiger partial charge in [0.15, 0.2) is 5.65 Å². The summed E-state index contributed by atoms with van der Waals surface area (Å²) in [4.78, 5) is 13.5. The van der Waals surface area contributed by atoms with Gasteiger partial charge >= 0.3 is 6.18 Å². The highest BCUT2D eigenvalue weighted by Crippen LogP contribution is 2.40. The van der Waals surface area contributed by atoms with Gasteiger partial charge in [0.1, 0.15) is 5.82 Å². The molecule has 1 aromatic carbocycles. The van der Waals surface area contributed by atoms with E-state index >= 15 is 0 Å². The smallest absolute Gasteiger partial charge is 0.390 e. The van der Waals surface area contributed by atoms with Crippen molar-refractivity contribution in [2.45, 2.75) is 62.4 Å². The van der Waals surface area contributed by atoms with Crippen LogP contribution in [0.15, 0.2) is 30.5 Å². The van der Waals surface area contributed by atoms with Crippen molar-refractivity contribution < 1.29 is 27.1 Å². The zero-order chi connectivity index (χ0) is 26.9. The Morgan fingerprint density at radius 3 is 2.45 bits per heavy atom. The monoisotopic (exact) mass is 537 g/mol. The number of benzene rings is 1. The van der Waals surface area contributed by atoms with Gasteiger partial charge in [-0.2, -0.15) is 28.2 Å². The van der Waals surface area contributed by atoms with E-state index in [0.717, 1.165) is 25.2 Å². The molecule has 2 aliphatic heterocycles. The number of nitrogens with one attached hydrogen (secondary N) is 1. The van der Waals surface area contributed by atoms with E-state index in [-0.39, 0.29) is 30.5 Å². The third kappa shape index (κ3) is 4.77. The molecule has 2 N–H and O–H groups in total. The molecule has 1 saturated carbocycles. The van der Waals surface area contributed by atoms with Gasteiger partial charge in [0, 0.05) is 51.1 Å². The first-order chi connectivity index (χ1) is 17.9. The normalized spacial score (nSPS) is 22.3. The van der Waals surface area contributed by atoms with E-state index in [0.29, 0.717) is 42.8 Å². The quantitative estimate of drug-likeness (QED) is 0.475. The molecule has 0 spiro atoms. The maximum Gasteiger partial charge on any atom is 0.416 e. The first kappa shape index (κ1) is 25.2. The summed E-state index contributed by atoms with van der Waals surface area (Å²) in [5, 5.41) is 18.1. The largest absolute Gasteiger partial charge is 0.416 e. The van der Waals surface area contributed by atoms with E-state index in [1.54, 1.807) is 0 Å². The van der Waals surface area contributed by atoms with Crippen LogP contribution in [-0.4, -0.2) is 79.5 Å². The highest BCUT2D eigenvalue weighted by molar-refractivity contribution is 5.89. The predicted molar refractivity (Wildman–Crippen MR) is 131 cm³/mol. The van der Waals surface area contributed by atoms with Crippen molar-refractivity contribution in [3.63, 3.8) is 0 Å². The van der Waals surface area contributed by atoms with Gasteiger partial charge in [-0.3, -0.25) is 4.90 Å². The van der Waals surface area contributed by atoms with Crippen LogP contribution in [0.5, 0.6) is 0 Å². The van der Waals surface area contributed by atoms with Gasteiger partial charge in [-0.15, -0.1) is 0 Å². The lowest BCUT2D eigenvalue weighted by atomic mass is 9.88. The lowest BCUT2D eigenvalue weighted by Crippen LogP contribution is -2.62. The summed E-state index contributed by atoms with van der Waals surface area (Å²) >= 11 is 0. The van der Waals surface area contributed by atoms with Gasteiger partial charge in [0.2, 0.25) is 5.95 Å². The highest BCUT2D eigenvalue weighted by Gasteiger charge is 2.46. The summed E-state index contributed by atoms with van der Waals surface area (Å²) in [5.74, 6) is -2.03. The fraction of sp³-hybridized carbons (Fsp3) is 0.560. The van der Waals surface area contributed by atoms with Crippen LogP contribution in [0.1, 0.15) is 38.2 Å². The summed E-state index contributed by atoms with van der Waals surface area (Å²) in [7, 11) is 0. The number of nitrogens with zero attached hydrogens (tertiary/aromatic N) is 6. The van der Waals surface area contributed by atoms with Crippen LogP contribution in [-0.2, 0) is 6.18 Å². The van der Waals surface area contributed by atoms with E-state index in [1.807, 2.05) is 11.8 Å². The average Bonchev–Trinajstić information content (AvgIpc) is 3.21. The number of hydrogen-bond acceptors (Lipinski definition) is 7. The highest BCUT2D eigenvalue weighted by atomic mass is 19.4. The van der Waals surface area contributed by atoms with Crippen molar-refractivity contribution in [2.24, 2.45) is 0 Å². The number of hydrogen-bond donors (Lipinski definition) is 2. The van der Waals surface area contributed by atoms with Crippen LogP contribution in [0.25, 0.3) is 16.7 Å². The van der Waals surface area contributed by atoms with E-state index in [2.05, 4.69) is 25.3 Å². The SMILES string of the molecule is CC1(O)CCN(C2CN(c3nc(NC4CC(F)(F)C4)nc4c3cnn4-c3cccc(C(F)(F)F)c3)C2)CC1. The summed E-state index contributed by atoms with van der Waals surface area (Å²) in [5.41, 5.74) is -0.979. The summed E-state index contributed by atoms with van der Waals surface area (Å²) in [6, 6.07) is 4.58. The molecule has 0 radical (unpaired) electrons. The lowest BCUT2D eigenvalue weighted by Gasteiger charge is -2.49. The summed E-state index contributed by atoms with van der Waals surface area (Å²) in [6.07, 6.45) is -2.26. The Balaban J connectivity index is 1.31. The second kappa shape index (κ2) is 8.73. The van der Waals surface area contributed by atoms with Gasteiger partial charge in [-0.05, 0) is 38.0 Å². The van der Waals surface area contributed by atoms with Crippen LogP contribution < -0.4 is 10.2 Å². The molecule has 3 fully saturated rings. The number of likely N-dealkylation sites (tertiary alicyclic amines) is 1. The van der Waals surface area contributed by atoms with Crippen LogP contribution in [0.4, 0.5) is 33.7 Å². The molecule has 204 valence electrons. The number of rotatable bonds is 5. The van der Waals surface area contributed by atoms with Crippen LogP contribution in [0.3, 0.4) is 0 Å². The van der Waals surface area contributed by atoms with Gasteiger partial charge in [-0.1, -0.05) is 6.07 Å². The fourth-order valence-corrected chi connectivity index (χ4v) is 5.38. The molecule has 0 atom stereocenters. The number of fused-ring (bicyclic) bond motifs is 1. The second-order valence-electron chi connectivity index (χ2n) is 10.9. The number of anilines is 2. The first-order valence-corrected chi connectivity index (χ1v) is 12.7. The molecule has 2 aromatic heterocycles. The molecule has 3 aromatic rings. The maximum atomic E-state index is 13.4. The second-order valence-corrected chi connectivity index (χ2v) is 10.9. The van der Waals surface area contributed by atoms with E-state index < -0.39 is 29.3 Å². The molecule has 6 rings (SSSR count). The topological polar surface area (TPSA) is 82.3 Å². The van der Waals surface area contributed by atoms with Crippen LogP contribution in [0, 0.1) is 0 Å². The number of aromatic nitrogens is 4. The molecule has 13 heteroatoms. The molecular weight excluding hydrogens is 509 g/mol. The Bertz CT molecular complexity index is 1330.